The normalized spacial score (nSPS) is 14.4. The van der Waals surface area contributed by atoms with Crippen LogP contribution in [0.5, 0.6) is 0 Å². The number of amidine groups is 1. The SMILES string of the molecule is NCC(CN)NS(=O)(=O)c1ccc(-c2cccc3n[nH]nc23)c(C2=NCN=N2)c1S(N)(=O)=O. The van der Waals surface area contributed by atoms with Crippen LogP contribution in [0, 0.1) is 0 Å². The smallest absolute Gasteiger partial charge is 0.242 e. The van der Waals surface area contributed by atoms with Crippen molar-refractivity contribution in [3.8, 4) is 11.1 Å². The highest BCUT2D eigenvalue weighted by Gasteiger charge is 2.33. The van der Waals surface area contributed by atoms with Gasteiger partial charge in [0.05, 0.1) is 5.56 Å². The maximum atomic E-state index is 13.2. The number of hydrogen-bond acceptors (Lipinski definition) is 11. The van der Waals surface area contributed by atoms with Crippen LogP contribution in [0.3, 0.4) is 0 Å². The Kier molecular flexibility index (Phi) is 6.04. The zero-order chi connectivity index (χ0) is 23.8. The lowest BCUT2D eigenvalue weighted by molar-refractivity contribution is 0.548. The summed E-state index contributed by atoms with van der Waals surface area (Å²) in [4.78, 5) is 2.84. The van der Waals surface area contributed by atoms with Crippen LogP contribution in [0.1, 0.15) is 5.56 Å². The third-order valence-electron chi connectivity index (χ3n) is 4.90. The van der Waals surface area contributed by atoms with Crippen LogP contribution in [0.15, 0.2) is 55.3 Å². The number of aliphatic imine (C=N–C) groups is 1. The molecule has 0 amide bonds. The van der Waals surface area contributed by atoms with Crippen molar-refractivity contribution in [2.75, 3.05) is 19.8 Å². The number of azo groups is 1. The number of benzene rings is 2. The molecule has 33 heavy (non-hydrogen) atoms. The van der Waals surface area contributed by atoms with Gasteiger partial charge in [-0.3, -0.25) is 0 Å². The van der Waals surface area contributed by atoms with Gasteiger partial charge in [-0.15, -0.1) is 5.11 Å². The number of para-hydroxylation sites is 1. The largest absolute Gasteiger partial charge is 0.329 e. The van der Waals surface area contributed by atoms with Crippen LogP contribution in [0.2, 0.25) is 0 Å². The molecule has 0 spiro atoms. The van der Waals surface area contributed by atoms with Crippen molar-refractivity contribution in [1.29, 1.82) is 0 Å². The second kappa shape index (κ2) is 8.65. The number of nitrogens with one attached hydrogen (secondary N) is 2. The summed E-state index contributed by atoms with van der Waals surface area (Å²) in [6.45, 7) is -0.244. The standard InChI is InChI=1S/C17H20N10O4S2/c18-6-9(7-19)26-33(30,31)13-5-4-10(11-2-1-3-12-15(11)24-27-23-12)14(16(13)32(20,28)29)17-21-8-22-25-17/h1-5,9,26H,6-8,18-19H2,(H2,20,28,29)(H,23,24,27). The summed E-state index contributed by atoms with van der Waals surface area (Å²) >= 11 is 0. The van der Waals surface area contributed by atoms with Crippen molar-refractivity contribution in [3.05, 3.63) is 35.9 Å². The Morgan fingerprint density at radius 2 is 1.79 bits per heavy atom. The van der Waals surface area contributed by atoms with E-state index in [0.717, 1.165) is 6.07 Å². The number of H-pyrrole nitrogens is 1. The number of aromatic amines is 1. The molecule has 2 heterocycles. The van der Waals surface area contributed by atoms with Gasteiger partial charge in [0.2, 0.25) is 20.0 Å². The molecule has 1 aromatic heterocycles. The first-order valence-electron chi connectivity index (χ1n) is 9.52. The molecule has 0 radical (unpaired) electrons. The number of aromatic nitrogens is 3. The highest BCUT2D eigenvalue weighted by Crippen LogP contribution is 2.37. The van der Waals surface area contributed by atoms with E-state index in [1.165, 1.54) is 6.07 Å². The summed E-state index contributed by atoms with van der Waals surface area (Å²) in [7, 11) is -9.02. The molecule has 174 valence electrons. The van der Waals surface area contributed by atoms with Gasteiger partial charge in [0, 0.05) is 24.7 Å². The van der Waals surface area contributed by atoms with Crippen molar-refractivity contribution < 1.29 is 16.8 Å². The Morgan fingerprint density at radius 3 is 2.42 bits per heavy atom. The maximum absolute atomic E-state index is 13.2. The Balaban J connectivity index is 2.08. The summed E-state index contributed by atoms with van der Waals surface area (Å²) in [5.74, 6) is -0.0826. The molecule has 0 bridgehead atoms. The minimum atomic E-state index is -4.61. The predicted molar refractivity (Wildman–Crippen MR) is 119 cm³/mol. The first-order chi connectivity index (χ1) is 15.7. The van der Waals surface area contributed by atoms with Crippen LogP contribution >= 0.6 is 0 Å². The van der Waals surface area contributed by atoms with Crippen molar-refractivity contribution in [2.45, 2.75) is 15.8 Å². The lowest BCUT2D eigenvalue weighted by Crippen LogP contribution is -2.45. The van der Waals surface area contributed by atoms with Gasteiger partial charge in [-0.05, 0) is 17.7 Å². The molecular weight excluding hydrogens is 472 g/mol. The van der Waals surface area contributed by atoms with Crippen molar-refractivity contribution in [3.63, 3.8) is 0 Å². The molecule has 4 rings (SSSR count). The fraction of sp³-hybridized carbons (Fsp3) is 0.235. The van der Waals surface area contributed by atoms with Crippen molar-refractivity contribution >= 4 is 36.9 Å². The highest BCUT2D eigenvalue weighted by atomic mass is 32.2. The number of nitrogens with two attached hydrogens (primary N) is 3. The van der Waals surface area contributed by atoms with E-state index in [0.29, 0.717) is 16.6 Å². The Labute approximate surface area is 188 Å². The Morgan fingerprint density at radius 1 is 1.03 bits per heavy atom. The molecule has 16 heteroatoms. The molecule has 0 unspecified atom stereocenters. The monoisotopic (exact) mass is 492 g/mol. The van der Waals surface area contributed by atoms with Crippen LogP contribution in [-0.4, -0.2) is 63.9 Å². The Bertz CT molecular complexity index is 1490. The zero-order valence-electron chi connectivity index (χ0n) is 17.0. The molecular formula is C17H20N10O4S2. The number of primary sulfonamides is 1. The molecule has 0 fully saturated rings. The second-order valence-corrected chi connectivity index (χ2v) is 10.2. The number of fused-ring (bicyclic) bond motifs is 1. The molecule has 1 aliphatic rings. The maximum Gasteiger partial charge on any atom is 0.242 e. The van der Waals surface area contributed by atoms with Gasteiger partial charge in [-0.1, -0.05) is 18.2 Å². The van der Waals surface area contributed by atoms with Crippen LogP contribution in [0.25, 0.3) is 22.2 Å². The molecule has 2 aromatic carbocycles. The summed E-state index contributed by atoms with van der Waals surface area (Å²) in [6, 6.07) is 6.82. The van der Waals surface area contributed by atoms with E-state index in [4.69, 9.17) is 16.6 Å². The molecule has 0 saturated carbocycles. The summed E-state index contributed by atoms with van der Waals surface area (Å²) in [6.07, 6.45) is 0. The number of nitrogens with zero attached hydrogens (tertiary/aromatic N) is 5. The fourth-order valence-electron chi connectivity index (χ4n) is 3.42. The van der Waals surface area contributed by atoms with E-state index < -0.39 is 35.9 Å². The highest BCUT2D eigenvalue weighted by molar-refractivity contribution is 7.92. The molecule has 0 aliphatic carbocycles. The summed E-state index contributed by atoms with van der Waals surface area (Å²) in [5, 5.41) is 23.9. The second-order valence-electron chi connectivity index (χ2n) is 7.01. The van der Waals surface area contributed by atoms with Gasteiger partial charge in [-0.2, -0.15) is 20.5 Å². The van der Waals surface area contributed by atoms with Crippen LogP contribution in [-0.2, 0) is 20.0 Å². The van der Waals surface area contributed by atoms with Gasteiger partial charge in [0.25, 0.3) is 0 Å². The molecule has 8 N–H and O–H groups in total. The predicted octanol–water partition coefficient (Wildman–Crippen LogP) is -0.993. The van der Waals surface area contributed by atoms with Gasteiger partial charge in [0.1, 0.15) is 20.8 Å². The average Bonchev–Trinajstić information content (AvgIpc) is 3.47. The molecule has 0 atom stereocenters. The van der Waals surface area contributed by atoms with E-state index in [2.05, 4.69) is 35.4 Å². The van der Waals surface area contributed by atoms with E-state index in [-0.39, 0.29) is 36.7 Å². The molecule has 3 aromatic rings. The number of rotatable bonds is 8. The zero-order valence-corrected chi connectivity index (χ0v) is 18.6. The van der Waals surface area contributed by atoms with Gasteiger partial charge in [0.15, 0.2) is 12.5 Å². The van der Waals surface area contributed by atoms with Gasteiger partial charge < -0.3 is 11.5 Å². The minimum absolute atomic E-state index is 0.0510. The first-order valence-corrected chi connectivity index (χ1v) is 12.5. The lowest BCUT2D eigenvalue weighted by Gasteiger charge is -2.19. The third kappa shape index (κ3) is 4.26. The summed E-state index contributed by atoms with van der Waals surface area (Å²) < 4.78 is 54.2. The molecule has 0 saturated heterocycles. The number of sulfonamides is 2. The first kappa shape index (κ1) is 23.0. The van der Waals surface area contributed by atoms with Gasteiger partial charge in [-0.25, -0.2) is 31.7 Å². The third-order valence-corrected chi connectivity index (χ3v) is 7.58. The minimum Gasteiger partial charge on any atom is -0.329 e. The molecule has 14 nitrogen and oxygen atoms in total. The van der Waals surface area contributed by atoms with E-state index >= 15 is 0 Å². The van der Waals surface area contributed by atoms with E-state index in [1.54, 1.807) is 18.2 Å². The van der Waals surface area contributed by atoms with Crippen molar-refractivity contribution in [1.82, 2.24) is 20.1 Å². The van der Waals surface area contributed by atoms with Crippen LogP contribution in [0.4, 0.5) is 0 Å². The van der Waals surface area contributed by atoms with Gasteiger partial charge >= 0.3 is 0 Å². The molecule has 1 aliphatic heterocycles. The quantitative estimate of drug-likeness (QED) is 0.261. The fourth-order valence-corrected chi connectivity index (χ4v) is 6.29. The summed E-state index contributed by atoms with van der Waals surface area (Å²) in [5.41, 5.74) is 12.7. The topological polar surface area (TPSA) is 237 Å². The van der Waals surface area contributed by atoms with Crippen molar-refractivity contribution in [2.24, 2.45) is 31.8 Å². The lowest BCUT2D eigenvalue weighted by atomic mass is 9.97. The average molecular weight is 493 g/mol. The number of hydrogen-bond donors (Lipinski definition) is 5. The van der Waals surface area contributed by atoms with E-state index in [1.807, 2.05) is 0 Å². The Hall–Kier alpha value is -3.15. The van der Waals surface area contributed by atoms with E-state index in [9.17, 15) is 16.8 Å². The van der Waals surface area contributed by atoms with Crippen LogP contribution < -0.4 is 21.3 Å².